The van der Waals surface area contributed by atoms with Crippen molar-refractivity contribution in [1.29, 1.82) is 0 Å². The largest absolute Gasteiger partial charge is 0.312 e. The van der Waals surface area contributed by atoms with Gasteiger partial charge in [0, 0.05) is 17.5 Å². The lowest BCUT2D eigenvalue weighted by Crippen LogP contribution is -2.36. The van der Waals surface area contributed by atoms with Crippen LogP contribution >= 0.6 is 11.3 Å². The van der Waals surface area contributed by atoms with Crippen molar-refractivity contribution in [1.82, 2.24) is 10.2 Å². The molecule has 0 aliphatic heterocycles. The van der Waals surface area contributed by atoms with Crippen LogP contribution < -0.4 is 5.32 Å². The molecule has 2 rings (SSSR count). The summed E-state index contributed by atoms with van der Waals surface area (Å²) in [6.07, 6.45) is 4.01. The number of nitrogens with zero attached hydrogens (tertiary/aromatic N) is 1. The molecule has 1 aliphatic rings. The van der Waals surface area contributed by atoms with Crippen molar-refractivity contribution in [3.63, 3.8) is 0 Å². The van der Waals surface area contributed by atoms with Gasteiger partial charge in [0.05, 0.1) is 6.04 Å². The standard InChI is InChI=1S/C15H26N2S/c1-15(2)8-7-12(10-15)16-11-13(17(3)4)14-6-5-9-18-14/h5-6,9,12-13,16H,7-8,10-11H2,1-4H3. The van der Waals surface area contributed by atoms with E-state index in [0.717, 1.165) is 6.54 Å². The topological polar surface area (TPSA) is 15.3 Å². The highest BCUT2D eigenvalue weighted by molar-refractivity contribution is 7.10. The normalized spacial score (nSPS) is 24.6. The Kier molecular flexibility index (Phi) is 4.46. The molecule has 0 aromatic carbocycles. The van der Waals surface area contributed by atoms with Crippen LogP contribution in [0.3, 0.4) is 0 Å². The fourth-order valence-electron chi connectivity index (χ4n) is 2.91. The summed E-state index contributed by atoms with van der Waals surface area (Å²) in [4.78, 5) is 3.78. The predicted molar refractivity (Wildman–Crippen MR) is 80.2 cm³/mol. The van der Waals surface area contributed by atoms with E-state index in [9.17, 15) is 0 Å². The third-order valence-electron chi connectivity index (χ3n) is 4.06. The van der Waals surface area contributed by atoms with Gasteiger partial charge in [0.15, 0.2) is 0 Å². The quantitative estimate of drug-likeness (QED) is 0.877. The first kappa shape index (κ1) is 14.0. The van der Waals surface area contributed by atoms with Gasteiger partial charge in [-0.2, -0.15) is 0 Å². The Morgan fingerprint density at radius 2 is 2.28 bits per heavy atom. The fourth-order valence-corrected chi connectivity index (χ4v) is 3.83. The van der Waals surface area contributed by atoms with Crippen molar-refractivity contribution in [3.05, 3.63) is 22.4 Å². The first-order chi connectivity index (χ1) is 8.48. The molecule has 0 bridgehead atoms. The van der Waals surface area contributed by atoms with Crippen molar-refractivity contribution >= 4 is 11.3 Å². The summed E-state index contributed by atoms with van der Waals surface area (Å²) in [5.41, 5.74) is 0.536. The van der Waals surface area contributed by atoms with Crippen LogP contribution in [-0.2, 0) is 0 Å². The predicted octanol–water partition coefficient (Wildman–Crippen LogP) is 3.52. The minimum absolute atomic E-state index is 0.508. The molecule has 0 amide bonds. The molecule has 1 heterocycles. The van der Waals surface area contributed by atoms with Crippen LogP contribution in [0.1, 0.15) is 44.0 Å². The summed E-state index contributed by atoms with van der Waals surface area (Å²) in [6.45, 7) is 5.84. The lowest BCUT2D eigenvalue weighted by molar-refractivity contribution is 0.278. The van der Waals surface area contributed by atoms with Crippen LogP contribution in [0.5, 0.6) is 0 Å². The summed E-state index contributed by atoms with van der Waals surface area (Å²) in [7, 11) is 4.34. The Morgan fingerprint density at radius 3 is 2.78 bits per heavy atom. The highest BCUT2D eigenvalue weighted by atomic mass is 32.1. The van der Waals surface area contributed by atoms with Crippen LogP contribution in [0.15, 0.2) is 17.5 Å². The van der Waals surface area contributed by atoms with E-state index in [0.29, 0.717) is 17.5 Å². The molecule has 1 fully saturated rings. The monoisotopic (exact) mass is 266 g/mol. The van der Waals surface area contributed by atoms with E-state index in [2.05, 4.69) is 55.7 Å². The lowest BCUT2D eigenvalue weighted by atomic mass is 9.92. The number of hydrogen-bond acceptors (Lipinski definition) is 3. The Labute approximate surface area is 115 Å². The molecule has 1 saturated carbocycles. The van der Waals surface area contributed by atoms with Gasteiger partial charge in [-0.3, -0.25) is 0 Å². The van der Waals surface area contributed by atoms with Crippen LogP contribution in [-0.4, -0.2) is 31.6 Å². The first-order valence-electron chi connectivity index (χ1n) is 6.91. The Balaban J connectivity index is 1.88. The molecule has 0 radical (unpaired) electrons. The zero-order chi connectivity index (χ0) is 13.2. The molecule has 1 aliphatic carbocycles. The molecular weight excluding hydrogens is 240 g/mol. The second-order valence-electron chi connectivity index (χ2n) is 6.51. The average Bonchev–Trinajstić information content (AvgIpc) is 2.88. The van der Waals surface area contributed by atoms with Gasteiger partial charge >= 0.3 is 0 Å². The van der Waals surface area contributed by atoms with Crippen LogP contribution in [0.4, 0.5) is 0 Å². The lowest BCUT2D eigenvalue weighted by Gasteiger charge is -2.26. The Bertz CT molecular complexity index is 357. The van der Waals surface area contributed by atoms with E-state index in [-0.39, 0.29) is 0 Å². The maximum Gasteiger partial charge on any atom is 0.0561 e. The van der Waals surface area contributed by atoms with Gasteiger partial charge in [-0.25, -0.2) is 0 Å². The summed E-state index contributed by atoms with van der Waals surface area (Å²) >= 11 is 1.86. The van der Waals surface area contributed by atoms with Gasteiger partial charge in [-0.05, 0) is 50.2 Å². The van der Waals surface area contributed by atoms with Gasteiger partial charge < -0.3 is 10.2 Å². The molecule has 1 N–H and O–H groups in total. The summed E-state index contributed by atoms with van der Waals surface area (Å²) in [6, 6.07) is 5.61. The van der Waals surface area contributed by atoms with Crippen molar-refractivity contribution < 1.29 is 0 Å². The molecule has 2 nitrogen and oxygen atoms in total. The second kappa shape index (κ2) is 5.72. The zero-order valence-electron chi connectivity index (χ0n) is 12.1. The van der Waals surface area contributed by atoms with Crippen molar-refractivity contribution in [3.8, 4) is 0 Å². The maximum absolute atomic E-state index is 3.77. The van der Waals surface area contributed by atoms with Crippen molar-refractivity contribution in [2.45, 2.75) is 45.2 Å². The van der Waals surface area contributed by atoms with Gasteiger partial charge in [-0.1, -0.05) is 19.9 Å². The molecule has 18 heavy (non-hydrogen) atoms. The van der Waals surface area contributed by atoms with E-state index < -0.39 is 0 Å². The van der Waals surface area contributed by atoms with E-state index in [4.69, 9.17) is 0 Å². The summed E-state index contributed by atoms with van der Waals surface area (Å²) < 4.78 is 0. The van der Waals surface area contributed by atoms with Crippen molar-refractivity contribution in [2.75, 3.05) is 20.6 Å². The van der Waals surface area contributed by atoms with Gasteiger partial charge in [0.2, 0.25) is 0 Å². The fraction of sp³-hybridized carbons (Fsp3) is 0.733. The minimum atomic E-state index is 0.508. The molecule has 3 heteroatoms. The van der Waals surface area contributed by atoms with E-state index in [1.807, 2.05) is 11.3 Å². The summed E-state index contributed by atoms with van der Waals surface area (Å²) in [5.74, 6) is 0. The van der Waals surface area contributed by atoms with Crippen LogP contribution in [0.25, 0.3) is 0 Å². The van der Waals surface area contributed by atoms with Crippen LogP contribution in [0, 0.1) is 5.41 Å². The van der Waals surface area contributed by atoms with Crippen LogP contribution in [0.2, 0.25) is 0 Å². The van der Waals surface area contributed by atoms with E-state index in [1.54, 1.807) is 0 Å². The summed E-state index contributed by atoms with van der Waals surface area (Å²) in [5, 5.41) is 5.94. The number of rotatable bonds is 5. The first-order valence-corrected chi connectivity index (χ1v) is 7.79. The molecule has 0 spiro atoms. The number of thiophene rings is 1. The third-order valence-corrected chi connectivity index (χ3v) is 5.04. The van der Waals surface area contributed by atoms with E-state index in [1.165, 1.54) is 24.1 Å². The minimum Gasteiger partial charge on any atom is -0.312 e. The molecule has 2 atom stereocenters. The highest BCUT2D eigenvalue weighted by Gasteiger charge is 2.31. The van der Waals surface area contributed by atoms with Gasteiger partial charge in [-0.15, -0.1) is 11.3 Å². The SMILES string of the molecule is CN(C)C(CNC1CCC(C)(C)C1)c1cccs1. The average molecular weight is 266 g/mol. The Hall–Kier alpha value is -0.380. The zero-order valence-corrected chi connectivity index (χ0v) is 12.9. The number of likely N-dealkylation sites (N-methyl/N-ethyl adjacent to an activating group) is 1. The number of nitrogens with one attached hydrogen (secondary N) is 1. The molecule has 1 aromatic heterocycles. The van der Waals surface area contributed by atoms with Gasteiger partial charge in [0.1, 0.15) is 0 Å². The molecule has 0 saturated heterocycles. The maximum atomic E-state index is 3.77. The Morgan fingerprint density at radius 1 is 1.50 bits per heavy atom. The number of hydrogen-bond donors (Lipinski definition) is 1. The third kappa shape index (κ3) is 3.56. The molecular formula is C15H26N2S. The van der Waals surface area contributed by atoms with E-state index >= 15 is 0 Å². The molecule has 2 unspecified atom stereocenters. The smallest absolute Gasteiger partial charge is 0.0561 e. The van der Waals surface area contributed by atoms with Gasteiger partial charge in [0.25, 0.3) is 0 Å². The second-order valence-corrected chi connectivity index (χ2v) is 7.49. The molecule has 102 valence electrons. The highest BCUT2D eigenvalue weighted by Crippen LogP contribution is 2.37. The van der Waals surface area contributed by atoms with Crippen molar-refractivity contribution in [2.24, 2.45) is 5.41 Å². The molecule has 1 aromatic rings.